The van der Waals surface area contributed by atoms with Gasteiger partial charge in [-0.25, -0.2) is 0 Å². The molecule has 1 heterocycles. The van der Waals surface area contributed by atoms with Gasteiger partial charge in [0.15, 0.2) is 0 Å². The van der Waals surface area contributed by atoms with Gasteiger partial charge in [0.05, 0.1) is 13.2 Å². The molecule has 0 spiro atoms. The molecule has 2 unspecified atom stereocenters. The standard InChI is InChI=1S/C15H22N2O2/c1-3-11(2)12-4-6-13(7-5-12)17-15(18)14-10-19-9-8-16-14/h4-7,11,14,16H,3,8-10H2,1-2H3,(H,17,18). The fourth-order valence-corrected chi connectivity index (χ4v) is 2.09. The van der Waals surface area contributed by atoms with Crippen molar-refractivity contribution in [2.45, 2.75) is 32.2 Å². The summed E-state index contributed by atoms with van der Waals surface area (Å²) in [7, 11) is 0. The number of ether oxygens (including phenoxy) is 1. The molecule has 2 rings (SSSR count). The topological polar surface area (TPSA) is 50.4 Å². The Balaban J connectivity index is 1.93. The van der Waals surface area contributed by atoms with E-state index in [-0.39, 0.29) is 11.9 Å². The number of morpholine rings is 1. The molecule has 1 saturated heterocycles. The SMILES string of the molecule is CCC(C)c1ccc(NC(=O)C2COCCN2)cc1. The minimum atomic E-state index is -0.247. The van der Waals surface area contributed by atoms with Crippen molar-refractivity contribution in [1.82, 2.24) is 5.32 Å². The number of benzene rings is 1. The van der Waals surface area contributed by atoms with Crippen LogP contribution >= 0.6 is 0 Å². The van der Waals surface area contributed by atoms with Gasteiger partial charge in [-0.3, -0.25) is 4.79 Å². The third-order valence-corrected chi connectivity index (χ3v) is 3.60. The molecule has 4 nitrogen and oxygen atoms in total. The highest BCUT2D eigenvalue weighted by Gasteiger charge is 2.20. The maximum atomic E-state index is 12.0. The first-order valence-electron chi connectivity index (χ1n) is 6.92. The van der Waals surface area contributed by atoms with Gasteiger partial charge in [0.2, 0.25) is 5.91 Å². The Morgan fingerprint density at radius 3 is 2.79 bits per heavy atom. The zero-order valence-corrected chi connectivity index (χ0v) is 11.6. The molecule has 1 aliphatic heterocycles. The molecule has 1 fully saturated rings. The van der Waals surface area contributed by atoms with Crippen LogP contribution in [-0.2, 0) is 9.53 Å². The van der Waals surface area contributed by atoms with Crippen molar-refractivity contribution < 1.29 is 9.53 Å². The lowest BCUT2D eigenvalue weighted by Gasteiger charge is -2.23. The second-order valence-electron chi connectivity index (χ2n) is 5.00. The van der Waals surface area contributed by atoms with Gasteiger partial charge in [0.1, 0.15) is 6.04 Å². The molecule has 1 aliphatic rings. The van der Waals surface area contributed by atoms with E-state index in [4.69, 9.17) is 4.74 Å². The molecule has 0 radical (unpaired) electrons. The minimum absolute atomic E-state index is 0.0315. The van der Waals surface area contributed by atoms with Crippen LogP contribution in [0.15, 0.2) is 24.3 Å². The van der Waals surface area contributed by atoms with E-state index in [2.05, 4.69) is 36.6 Å². The van der Waals surface area contributed by atoms with E-state index in [1.54, 1.807) is 0 Å². The van der Waals surface area contributed by atoms with Crippen LogP contribution in [0.3, 0.4) is 0 Å². The smallest absolute Gasteiger partial charge is 0.243 e. The number of carbonyl (C=O) groups excluding carboxylic acids is 1. The number of nitrogens with one attached hydrogen (secondary N) is 2. The second-order valence-corrected chi connectivity index (χ2v) is 5.00. The molecular weight excluding hydrogens is 240 g/mol. The number of rotatable bonds is 4. The molecule has 2 atom stereocenters. The minimum Gasteiger partial charge on any atom is -0.378 e. The summed E-state index contributed by atoms with van der Waals surface area (Å²) in [6, 6.07) is 7.83. The third kappa shape index (κ3) is 3.78. The summed E-state index contributed by atoms with van der Waals surface area (Å²) >= 11 is 0. The lowest BCUT2D eigenvalue weighted by atomic mass is 9.98. The molecule has 2 N–H and O–H groups in total. The predicted octanol–water partition coefficient (Wildman–Crippen LogP) is 2.13. The van der Waals surface area contributed by atoms with Crippen LogP contribution in [0.5, 0.6) is 0 Å². The van der Waals surface area contributed by atoms with Crippen LogP contribution < -0.4 is 10.6 Å². The van der Waals surface area contributed by atoms with Crippen molar-refractivity contribution in [2.24, 2.45) is 0 Å². The molecule has 0 aliphatic carbocycles. The Morgan fingerprint density at radius 2 is 2.21 bits per heavy atom. The van der Waals surface area contributed by atoms with E-state index >= 15 is 0 Å². The number of anilines is 1. The van der Waals surface area contributed by atoms with Crippen LogP contribution in [0.1, 0.15) is 31.7 Å². The van der Waals surface area contributed by atoms with Gasteiger partial charge >= 0.3 is 0 Å². The first-order valence-corrected chi connectivity index (χ1v) is 6.92. The van der Waals surface area contributed by atoms with Gasteiger partial charge in [-0.2, -0.15) is 0 Å². The molecular formula is C15H22N2O2. The second kappa shape index (κ2) is 6.68. The van der Waals surface area contributed by atoms with Crippen LogP contribution in [-0.4, -0.2) is 31.7 Å². The van der Waals surface area contributed by atoms with E-state index < -0.39 is 0 Å². The van der Waals surface area contributed by atoms with E-state index in [0.717, 1.165) is 18.7 Å². The number of hydrogen-bond acceptors (Lipinski definition) is 3. The van der Waals surface area contributed by atoms with Gasteiger partial charge in [-0.05, 0) is 30.0 Å². The van der Waals surface area contributed by atoms with Crippen molar-refractivity contribution >= 4 is 11.6 Å². The summed E-state index contributed by atoms with van der Waals surface area (Å²) in [6.07, 6.45) is 1.12. The highest BCUT2D eigenvalue weighted by atomic mass is 16.5. The molecule has 104 valence electrons. The van der Waals surface area contributed by atoms with Crippen LogP contribution in [0.2, 0.25) is 0 Å². The largest absolute Gasteiger partial charge is 0.378 e. The highest BCUT2D eigenvalue weighted by Crippen LogP contribution is 2.20. The molecule has 1 aromatic rings. The molecule has 1 amide bonds. The van der Waals surface area contributed by atoms with Crippen molar-refractivity contribution in [3.8, 4) is 0 Å². The normalized spacial score (nSPS) is 20.8. The predicted molar refractivity (Wildman–Crippen MR) is 76.4 cm³/mol. The fraction of sp³-hybridized carbons (Fsp3) is 0.533. The Morgan fingerprint density at radius 1 is 1.47 bits per heavy atom. The first-order chi connectivity index (χ1) is 9.20. The maximum absolute atomic E-state index is 12.0. The highest BCUT2D eigenvalue weighted by molar-refractivity contribution is 5.95. The van der Waals surface area contributed by atoms with Gasteiger partial charge in [-0.1, -0.05) is 26.0 Å². The summed E-state index contributed by atoms with van der Waals surface area (Å²) in [4.78, 5) is 12.0. The fourth-order valence-electron chi connectivity index (χ4n) is 2.09. The molecule has 0 bridgehead atoms. The number of hydrogen-bond donors (Lipinski definition) is 2. The Bertz CT molecular complexity index is 411. The number of carbonyl (C=O) groups is 1. The molecule has 4 heteroatoms. The van der Waals surface area contributed by atoms with Crippen molar-refractivity contribution in [3.63, 3.8) is 0 Å². The summed E-state index contributed by atoms with van der Waals surface area (Å²) in [5.74, 6) is 0.522. The van der Waals surface area contributed by atoms with E-state index in [0.29, 0.717) is 19.1 Å². The summed E-state index contributed by atoms with van der Waals surface area (Å²) in [5, 5.41) is 6.06. The quantitative estimate of drug-likeness (QED) is 0.874. The molecule has 0 aromatic heterocycles. The van der Waals surface area contributed by atoms with Gasteiger partial charge in [-0.15, -0.1) is 0 Å². The van der Waals surface area contributed by atoms with Crippen molar-refractivity contribution in [1.29, 1.82) is 0 Å². The Labute approximate surface area is 114 Å². The van der Waals surface area contributed by atoms with Crippen molar-refractivity contribution in [2.75, 3.05) is 25.1 Å². The van der Waals surface area contributed by atoms with Gasteiger partial charge < -0.3 is 15.4 Å². The third-order valence-electron chi connectivity index (χ3n) is 3.60. The van der Waals surface area contributed by atoms with E-state index in [1.165, 1.54) is 5.56 Å². The van der Waals surface area contributed by atoms with E-state index in [9.17, 15) is 4.79 Å². The molecule has 19 heavy (non-hydrogen) atoms. The Kier molecular flexibility index (Phi) is 4.93. The monoisotopic (exact) mass is 262 g/mol. The number of amides is 1. The van der Waals surface area contributed by atoms with Crippen LogP contribution in [0, 0.1) is 0 Å². The van der Waals surface area contributed by atoms with Gasteiger partial charge in [0, 0.05) is 12.2 Å². The maximum Gasteiger partial charge on any atom is 0.243 e. The van der Waals surface area contributed by atoms with Gasteiger partial charge in [0.25, 0.3) is 0 Å². The van der Waals surface area contributed by atoms with E-state index in [1.807, 2.05) is 12.1 Å². The Hall–Kier alpha value is -1.39. The summed E-state index contributed by atoms with van der Waals surface area (Å²) < 4.78 is 5.28. The molecule has 1 aromatic carbocycles. The average molecular weight is 262 g/mol. The summed E-state index contributed by atoms with van der Waals surface area (Å²) in [6.45, 7) is 6.22. The first kappa shape index (κ1) is 14.0. The zero-order valence-electron chi connectivity index (χ0n) is 11.6. The van der Waals surface area contributed by atoms with Crippen molar-refractivity contribution in [3.05, 3.63) is 29.8 Å². The summed E-state index contributed by atoms with van der Waals surface area (Å²) in [5.41, 5.74) is 2.14. The van der Waals surface area contributed by atoms with Crippen LogP contribution in [0.4, 0.5) is 5.69 Å². The average Bonchev–Trinajstić information content (AvgIpc) is 2.48. The zero-order chi connectivity index (χ0) is 13.7. The lowest BCUT2D eigenvalue weighted by Crippen LogP contribution is -2.48. The van der Waals surface area contributed by atoms with Crippen LogP contribution in [0.25, 0.3) is 0 Å². The lowest BCUT2D eigenvalue weighted by molar-refractivity contribution is -0.120. The molecule has 0 saturated carbocycles.